The third kappa shape index (κ3) is 5.09. The van der Waals surface area contributed by atoms with Crippen molar-refractivity contribution >= 4 is 23.9 Å². The highest BCUT2D eigenvalue weighted by atomic mass is 16.2. The van der Waals surface area contributed by atoms with Gasteiger partial charge in [0.2, 0.25) is 5.91 Å². The molecule has 2 aromatic rings. The van der Waals surface area contributed by atoms with Crippen LogP contribution in [0.4, 0.5) is 9.59 Å². The fourth-order valence-electron chi connectivity index (χ4n) is 3.66. The first kappa shape index (κ1) is 22.0. The summed E-state index contributed by atoms with van der Waals surface area (Å²) >= 11 is 0. The molecule has 3 N–H and O–H groups in total. The van der Waals surface area contributed by atoms with Crippen molar-refractivity contribution in [2.24, 2.45) is 0 Å². The molecule has 2 aromatic carbocycles. The SMILES string of the molecule is CCC[C@]1(c2ccccc2)NC(=O)N(CCC(=O)NC(=O)NCc2ccccc2)C1=O. The molecule has 0 bridgehead atoms. The van der Waals surface area contributed by atoms with E-state index in [1.165, 1.54) is 0 Å². The van der Waals surface area contributed by atoms with E-state index in [-0.39, 0.29) is 25.4 Å². The summed E-state index contributed by atoms with van der Waals surface area (Å²) in [4.78, 5) is 50.8. The minimum absolute atomic E-state index is 0.110. The molecular weight excluding hydrogens is 396 g/mol. The van der Waals surface area contributed by atoms with Gasteiger partial charge in [0.25, 0.3) is 5.91 Å². The zero-order valence-electron chi connectivity index (χ0n) is 17.4. The number of rotatable bonds is 8. The Morgan fingerprint density at radius 1 is 1.00 bits per heavy atom. The molecule has 0 spiro atoms. The molecule has 1 heterocycles. The molecule has 3 rings (SSSR count). The first-order chi connectivity index (χ1) is 15.0. The topological polar surface area (TPSA) is 108 Å². The number of hydrogen-bond donors (Lipinski definition) is 3. The van der Waals surface area contributed by atoms with Gasteiger partial charge < -0.3 is 10.6 Å². The van der Waals surface area contributed by atoms with Gasteiger partial charge in [-0.25, -0.2) is 9.59 Å². The molecule has 1 aliphatic rings. The third-order valence-electron chi connectivity index (χ3n) is 5.18. The molecular formula is C23H26N4O4. The van der Waals surface area contributed by atoms with E-state index in [1.807, 2.05) is 55.5 Å². The first-order valence-electron chi connectivity index (χ1n) is 10.3. The van der Waals surface area contributed by atoms with Crippen molar-refractivity contribution < 1.29 is 19.2 Å². The number of benzene rings is 2. The lowest BCUT2D eigenvalue weighted by Gasteiger charge is -2.26. The van der Waals surface area contributed by atoms with Gasteiger partial charge in [-0.1, -0.05) is 74.0 Å². The van der Waals surface area contributed by atoms with Crippen LogP contribution < -0.4 is 16.0 Å². The van der Waals surface area contributed by atoms with Gasteiger partial charge in [0, 0.05) is 19.5 Å². The summed E-state index contributed by atoms with van der Waals surface area (Å²) < 4.78 is 0. The second-order valence-corrected chi connectivity index (χ2v) is 7.37. The van der Waals surface area contributed by atoms with E-state index in [1.54, 1.807) is 12.1 Å². The van der Waals surface area contributed by atoms with Gasteiger partial charge in [-0.15, -0.1) is 0 Å². The molecule has 6 amide bonds. The lowest BCUT2D eigenvalue weighted by atomic mass is 9.85. The zero-order valence-corrected chi connectivity index (χ0v) is 17.4. The second kappa shape index (κ2) is 9.88. The predicted octanol–water partition coefficient (Wildman–Crippen LogP) is 2.65. The lowest BCUT2D eigenvalue weighted by Crippen LogP contribution is -2.44. The minimum atomic E-state index is -1.13. The Morgan fingerprint density at radius 2 is 1.65 bits per heavy atom. The Hall–Kier alpha value is -3.68. The highest BCUT2D eigenvalue weighted by Gasteiger charge is 2.51. The molecule has 8 heteroatoms. The molecule has 1 atom stereocenters. The normalized spacial score (nSPS) is 17.9. The average Bonchev–Trinajstić information content (AvgIpc) is 3.02. The number of amides is 6. The first-order valence-corrected chi connectivity index (χ1v) is 10.3. The molecule has 1 aliphatic heterocycles. The van der Waals surface area contributed by atoms with Crippen LogP contribution in [-0.4, -0.2) is 35.3 Å². The summed E-state index contributed by atoms with van der Waals surface area (Å²) in [5.74, 6) is -0.953. The van der Waals surface area contributed by atoms with E-state index in [4.69, 9.17) is 0 Å². The minimum Gasteiger partial charge on any atom is -0.334 e. The van der Waals surface area contributed by atoms with Crippen LogP contribution in [0, 0.1) is 0 Å². The molecule has 1 fully saturated rings. The zero-order chi connectivity index (χ0) is 22.3. The van der Waals surface area contributed by atoms with Crippen molar-refractivity contribution in [3.05, 3.63) is 71.8 Å². The fourth-order valence-corrected chi connectivity index (χ4v) is 3.66. The van der Waals surface area contributed by atoms with Gasteiger partial charge in [0.15, 0.2) is 0 Å². The Kier molecular flexibility index (Phi) is 7.02. The van der Waals surface area contributed by atoms with Crippen LogP contribution in [0.15, 0.2) is 60.7 Å². The van der Waals surface area contributed by atoms with E-state index in [9.17, 15) is 19.2 Å². The van der Waals surface area contributed by atoms with Gasteiger partial charge in [0.1, 0.15) is 5.54 Å². The molecule has 1 saturated heterocycles. The van der Waals surface area contributed by atoms with Crippen molar-refractivity contribution in [3.63, 3.8) is 0 Å². The smallest absolute Gasteiger partial charge is 0.325 e. The maximum atomic E-state index is 13.2. The largest absolute Gasteiger partial charge is 0.334 e. The van der Waals surface area contributed by atoms with Crippen molar-refractivity contribution in [1.82, 2.24) is 20.9 Å². The predicted molar refractivity (Wildman–Crippen MR) is 115 cm³/mol. The van der Waals surface area contributed by atoms with E-state index in [0.717, 1.165) is 10.5 Å². The number of urea groups is 2. The number of hydrogen-bond acceptors (Lipinski definition) is 4. The molecule has 31 heavy (non-hydrogen) atoms. The Bertz CT molecular complexity index is 949. The van der Waals surface area contributed by atoms with Gasteiger partial charge >= 0.3 is 12.1 Å². The third-order valence-corrected chi connectivity index (χ3v) is 5.18. The molecule has 0 radical (unpaired) electrons. The van der Waals surface area contributed by atoms with E-state index >= 15 is 0 Å². The Labute approximate surface area is 181 Å². The highest BCUT2D eigenvalue weighted by molar-refractivity contribution is 6.07. The van der Waals surface area contributed by atoms with E-state index in [2.05, 4.69) is 16.0 Å². The number of carbonyl (C=O) groups is 4. The van der Waals surface area contributed by atoms with Crippen LogP contribution in [0.5, 0.6) is 0 Å². The van der Waals surface area contributed by atoms with Crippen molar-refractivity contribution in [2.75, 3.05) is 6.54 Å². The highest BCUT2D eigenvalue weighted by Crippen LogP contribution is 2.33. The van der Waals surface area contributed by atoms with Crippen molar-refractivity contribution in [3.8, 4) is 0 Å². The lowest BCUT2D eigenvalue weighted by molar-refractivity contribution is -0.132. The van der Waals surface area contributed by atoms with Gasteiger partial charge in [-0.2, -0.15) is 0 Å². The van der Waals surface area contributed by atoms with Crippen LogP contribution in [0.1, 0.15) is 37.3 Å². The fraction of sp³-hybridized carbons (Fsp3) is 0.304. The molecule has 0 aliphatic carbocycles. The van der Waals surface area contributed by atoms with Gasteiger partial charge in [-0.3, -0.25) is 19.8 Å². The number of nitrogens with one attached hydrogen (secondary N) is 3. The second-order valence-electron chi connectivity index (χ2n) is 7.37. The van der Waals surface area contributed by atoms with Crippen LogP contribution in [0.2, 0.25) is 0 Å². The van der Waals surface area contributed by atoms with Crippen LogP contribution in [0.3, 0.4) is 0 Å². The van der Waals surface area contributed by atoms with Crippen LogP contribution >= 0.6 is 0 Å². The standard InChI is InChI=1S/C23H26N4O4/c1-2-14-23(18-11-7-4-8-12-18)20(29)27(22(31)26-23)15-13-19(28)25-21(30)24-16-17-9-5-3-6-10-17/h3-12H,2,13-16H2,1H3,(H,26,31)(H2,24,25,28,30)/t23-/m1/s1. The summed E-state index contributed by atoms with van der Waals surface area (Å²) in [6, 6.07) is 17.2. The van der Waals surface area contributed by atoms with Crippen molar-refractivity contribution in [2.45, 2.75) is 38.3 Å². The molecule has 0 aromatic heterocycles. The average molecular weight is 422 g/mol. The molecule has 0 unspecified atom stereocenters. The summed E-state index contributed by atoms with van der Waals surface area (Å²) in [5, 5.41) is 7.63. The maximum Gasteiger partial charge on any atom is 0.325 e. The number of imide groups is 2. The summed E-state index contributed by atoms with van der Waals surface area (Å²) in [7, 11) is 0. The Morgan fingerprint density at radius 3 is 2.29 bits per heavy atom. The van der Waals surface area contributed by atoms with E-state index < -0.39 is 23.5 Å². The maximum absolute atomic E-state index is 13.2. The van der Waals surface area contributed by atoms with E-state index in [0.29, 0.717) is 18.4 Å². The van der Waals surface area contributed by atoms with Crippen molar-refractivity contribution in [1.29, 1.82) is 0 Å². The number of nitrogens with zero attached hydrogens (tertiary/aromatic N) is 1. The number of carbonyl (C=O) groups excluding carboxylic acids is 4. The quantitative estimate of drug-likeness (QED) is 0.569. The molecule has 162 valence electrons. The van der Waals surface area contributed by atoms with Crippen LogP contribution in [-0.2, 0) is 21.7 Å². The van der Waals surface area contributed by atoms with Gasteiger partial charge in [-0.05, 0) is 17.5 Å². The Balaban J connectivity index is 1.56. The van der Waals surface area contributed by atoms with Gasteiger partial charge in [0.05, 0.1) is 0 Å². The molecule has 0 saturated carbocycles. The summed E-state index contributed by atoms with van der Waals surface area (Å²) in [5.41, 5.74) is 0.483. The molecule has 8 nitrogen and oxygen atoms in total. The summed E-state index contributed by atoms with van der Waals surface area (Å²) in [6.07, 6.45) is 0.970. The summed E-state index contributed by atoms with van der Waals surface area (Å²) in [6.45, 7) is 2.11. The van der Waals surface area contributed by atoms with Crippen LogP contribution in [0.25, 0.3) is 0 Å². The monoisotopic (exact) mass is 422 g/mol.